The van der Waals surface area contributed by atoms with Gasteiger partial charge in [-0.2, -0.15) is 0 Å². The smallest absolute Gasteiger partial charge is 0.307 e. The fourth-order valence-electron chi connectivity index (χ4n) is 2.19. The van der Waals surface area contributed by atoms with Gasteiger partial charge in [0.25, 0.3) is 0 Å². The van der Waals surface area contributed by atoms with Crippen LogP contribution in [0.1, 0.15) is 36.5 Å². The van der Waals surface area contributed by atoms with Crippen molar-refractivity contribution in [2.75, 3.05) is 0 Å². The molecule has 0 atom stereocenters. The van der Waals surface area contributed by atoms with E-state index in [1.165, 1.54) is 0 Å². The molecule has 0 radical (unpaired) electrons. The molecule has 0 fully saturated rings. The molecular weight excluding hydrogens is 344 g/mol. The van der Waals surface area contributed by atoms with Gasteiger partial charge in [0.05, 0.1) is 6.42 Å². The lowest BCUT2D eigenvalue weighted by Gasteiger charge is -2.14. The summed E-state index contributed by atoms with van der Waals surface area (Å²) < 4.78 is 6.97. The largest absolute Gasteiger partial charge is 0.489 e. The van der Waals surface area contributed by atoms with Gasteiger partial charge in [0, 0.05) is 4.47 Å². The van der Waals surface area contributed by atoms with Crippen molar-refractivity contribution >= 4 is 21.9 Å². The zero-order chi connectivity index (χ0) is 16.1. The first-order chi connectivity index (χ1) is 10.5. The Labute approximate surface area is 139 Å². The molecule has 22 heavy (non-hydrogen) atoms. The Morgan fingerprint density at radius 1 is 1.14 bits per heavy atom. The summed E-state index contributed by atoms with van der Waals surface area (Å²) >= 11 is 3.48. The molecule has 0 aromatic heterocycles. The predicted octanol–water partition coefficient (Wildman–Crippen LogP) is 4.78. The summed E-state index contributed by atoms with van der Waals surface area (Å²) in [6.07, 6.45) is 0.0470. The average Bonchev–Trinajstić information content (AvgIpc) is 2.46. The molecule has 0 spiro atoms. The number of hydrogen-bond acceptors (Lipinski definition) is 2. The second-order valence-electron chi connectivity index (χ2n) is 5.51. The molecule has 0 amide bonds. The van der Waals surface area contributed by atoms with Crippen LogP contribution in [0.5, 0.6) is 5.75 Å². The molecule has 0 saturated heterocycles. The summed E-state index contributed by atoms with van der Waals surface area (Å²) in [7, 11) is 0. The number of aliphatic carboxylic acids is 1. The van der Waals surface area contributed by atoms with Gasteiger partial charge in [0.15, 0.2) is 0 Å². The zero-order valence-electron chi connectivity index (χ0n) is 12.7. The lowest BCUT2D eigenvalue weighted by Crippen LogP contribution is -2.02. The minimum absolute atomic E-state index is 0.0470. The SMILES string of the molecule is CC(C)c1cc(Br)ccc1OCc1ccc(CC(=O)O)cc1. The van der Waals surface area contributed by atoms with Crippen LogP contribution in [0.3, 0.4) is 0 Å². The second-order valence-corrected chi connectivity index (χ2v) is 6.43. The maximum Gasteiger partial charge on any atom is 0.307 e. The van der Waals surface area contributed by atoms with E-state index in [-0.39, 0.29) is 6.42 Å². The minimum Gasteiger partial charge on any atom is -0.489 e. The highest BCUT2D eigenvalue weighted by Gasteiger charge is 2.09. The molecule has 116 valence electrons. The molecule has 1 N–H and O–H groups in total. The van der Waals surface area contributed by atoms with Crippen LogP contribution in [0.15, 0.2) is 46.9 Å². The van der Waals surface area contributed by atoms with Crippen LogP contribution in [0.4, 0.5) is 0 Å². The fraction of sp³-hybridized carbons (Fsp3) is 0.278. The van der Waals surface area contributed by atoms with E-state index >= 15 is 0 Å². The number of benzene rings is 2. The lowest BCUT2D eigenvalue weighted by atomic mass is 10.0. The highest BCUT2D eigenvalue weighted by molar-refractivity contribution is 9.10. The van der Waals surface area contributed by atoms with E-state index < -0.39 is 5.97 Å². The normalized spacial score (nSPS) is 10.7. The maximum absolute atomic E-state index is 10.7. The molecule has 0 heterocycles. The lowest BCUT2D eigenvalue weighted by molar-refractivity contribution is -0.136. The Hall–Kier alpha value is -1.81. The zero-order valence-corrected chi connectivity index (χ0v) is 14.3. The molecule has 2 aromatic carbocycles. The summed E-state index contributed by atoms with van der Waals surface area (Å²) in [5, 5.41) is 8.76. The predicted molar refractivity (Wildman–Crippen MR) is 90.3 cm³/mol. The van der Waals surface area contributed by atoms with Gasteiger partial charge in [-0.05, 0) is 40.8 Å². The molecule has 2 rings (SSSR count). The highest BCUT2D eigenvalue weighted by Crippen LogP contribution is 2.30. The summed E-state index contributed by atoms with van der Waals surface area (Å²) in [6, 6.07) is 13.5. The third-order valence-electron chi connectivity index (χ3n) is 3.37. The molecule has 2 aromatic rings. The maximum atomic E-state index is 10.7. The van der Waals surface area contributed by atoms with Crippen molar-refractivity contribution in [3.63, 3.8) is 0 Å². The number of carbonyl (C=O) groups is 1. The van der Waals surface area contributed by atoms with Crippen LogP contribution in [0.25, 0.3) is 0 Å². The standard InChI is InChI=1S/C18H19BrO3/c1-12(2)16-10-15(19)7-8-17(16)22-11-14-5-3-13(4-6-14)9-18(20)21/h3-8,10,12H,9,11H2,1-2H3,(H,20,21). The van der Waals surface area contributed by atoms with E-state index in [0.717, 1.165) is 26.9 Å². The number of ether oxygens (including phenoxy) is 1. The first-order valence-electron chi connectivity index (χ1n) is 7.17. The van der Waals surface area contributed by atoms with Crippen LogP contribution in [-0.4, -0.2) is 11.1 Å². The summed E-state index contributed by atoms with van der Waals surface area (Å²) in [4.78, 5) is 10.7. The molecule has 0 saturated carbocycles. The van der Waals surface area contributed by atoms with Crippen molar-refractivity contribution < 1.29 is 14.6 Å². The average molecular weight is 363 g/mol. The summed E-state index contributed by atoms with van der Waals surface area (Å²) in [5.74, 6) is 0.443. The van der Waals surface area contributed by atoms with Gasteiger partial charge < -0.3 is 9.84 Å². The molecule has 0 aliphatic rings. The van der Waals surface area contributed by atoms with Crippen LogP contribution >= 0.6 is 15.9 Å². The second kappa shape index (κ2) is 7.45. The van der Waals surface area contributed by atoms with E-state index in [2.05, 4.69) is 35.8 Å². The van der Waals surface area contributed by atoms with Gasteiger partial charge >= 0.3 is 5.97 Å². The number of hydrogen-bond donors (Lipinski definition) is 1. The van der Waals surface area contributed by atoms with Crippen LogP contribution in [-0.2, 0) is 17.8 Å². The van der Waals surface area contributed by atoms with Crippen LogP contribution < -0.4 is 4.74 Å². The first kappa shape index (κ1) is 16.6. The number of rotatable bonds is 6. The van der Waals surface area contributed by atoms with Crippen molar-refractivity contribution in [3.8, 4) is 5.75 Å². The molecule has 0 unspecified atom stereocenters. The fourth-order valence-corrected chi connectivity index (χ4v) is 2.57. The summed E-state index contributed by atoms with van der Waals surface area (Å²) in [5.41, 5.74) is 2.98. The quantitative estimate of drug-likeness (QED) is 0.804. The van der Waals surface area contributed by atoms with Crippen molar-refractivity contribution in [2.45, 2.75) is 32.8 Å². The molecule has 4 heteroatoms. The van der Waals surface area contributed by atoms with E-state index in [0.29, 0.717) is 12.5 Å². The molecule has 0 bridgehead atoms. The molecule has 0 aliphatic heterocycles. The van der Waals surface area contributed by atoms with Crippen LogP contribution in [0, 0.1) is 0 Å². The van der Waals surface area contributed by atoms with E-state index in [4.69, 9.17) is 9.84 Å². The van der Waals surface area contributed by atoms with E-state index in [9.17, 15) is 4.79 Å². The number of halogens is 1. The topological polar surface area (TPSA) is 46.5 Å². The van der Waals surface area contributed by atoms with Gasteiger partial charge in [0.1, 0.15) is 12.4 Å². The monoisotopic (exact) mass is 362 g/mol. The summed E-state index contributed by atoms with van der Waals surface area (Å²) in [6.45, 7) is 4.74. The molecule has 0 aliphatic carbocycles. The van der Waals surface area contributed by atoms with E-state index in [1.807, 2.05) is 36.4 Å². The van der Waals surface area contributed by atoms with Crippen molar-refractivity contribution in [1.29, 1.82) is 0 Å². The Morgan fingerprint density at radius 3 is 2.36 bits per heavy atom. The van der Waals surface area contributed by atoms with E-state index in [1.54, 1.807) is 0 Å². The van der Waals surface area contributed by atoms with Gasteiger partial charge in [-0.15, -0.1) is 0 Å². The Kier molecular flexibility index (Phi) is 5.61. The Morgan fingerprint density at radius 2 is 1.77 bits per heavy atom. The highest BCUT2D eigenvalue weighted by atomic mass is 79.9. The van der Waals surface area contributed by atoms with Gasteiger partial charge in [-0.3, -0.25) is 4.79 Å². The molecular formula is C18H19BrO3. The Bertz CT molecular complexity index is 648. The van der Waals surface area contributed by atoms with Crippen molar-refractivity contribution in [3.05, 3.63) is 63.6 Å². The third kappa shape index (κ3) is 4.60. The van der Waals surface area contributed by atoms with Gasteiger partial charge in [0.2, 0.25) is 0 Å². The number of carboxylic acids is 1. The minimum atomic E-state index is -0.819. The van der Waals surface area contributed by atoms with Crippen molar-refractivity contribution in [2.24, 2.45) is 0 Å². The van der Waals surface area contributed by atoms with Gasteiger partial charge in [-0.1, -0.05) is 54.0 Å². The first-order valence-corrected chi connectivity index (χ1v) is 7.97. The Balaban J connectivity index is 2.05. The number of carboxylic acid groups (broad SMARTS) is 1. The van der Waals surface area contributed by atoms with Crippen LogP contribution in [0.2, 0.25) is 0 Å². The third-order valence-corrected chi connectivity index (χ3v) is 3.86. The van der Waals surface area contributed by atoms with Crippen molar-refractivity contribution in [1.82, 2.24) is 0 Å². The molecule has 3 nitrogen and oxygen atoms in total. The van der Waals surface area contributed by atoms with Gasteiger partial charge in [-0.25, -0.2) is 0 Å².